The van der Waals surface area contributed by atoms with Crippen LogP contribution in [0.5, 0.6) is 0 Å². The second-order valence-corrected chi connectivity index (χ2v) is 6.36. The zero-order valence-electron chi connectivity index (χ0n) is 13.4. The Kier molecular flexibility index (Phi) is 4.58. The molecule has 0 amide bonds. The maximum Gasteiger partial charge on any atom is 0.164 e. The SMILES string of the molecule is C[C@@]1(O)C[C@H](c2ccccc2)[C@H](N([O-])O)[C@@H](c2ccccc2N)O1. The first-order valence-corrected chi connectivity index (χ1v) is 7.84. The molecule has 1 aliphatic rings. The Labute approximate surface area is 140 Å². The van der Waals surface area contributed by atoms with Gasteiger partial charge in [0, 0.05) is 23.6 Å². The lowest BCUT2D eigenvalue weighted by Crippen LogP contribution is -2.50. The molecular weight excluding hydrogens is 308 g/mol. The minimum absolute atomic E-state index is 0.0794. The number of benzene rings is 2. The summed E-state index contributed by atoms with van der Waals surface area (Å²) in [5.41, 5.74) is 7.88. The van der Waals surface area contributed by atoms with Gasteiger partial charge in [-0.05, 0) is 18.6 Å². The lowest BCUT2D eigenvalue weighted by atomic mass is 9.79. The van der Waals surface area contributed by atoms with Crippen molar-refractivity contribution in [1.82, 2.24) is 5.23 Å². The largest absolute Gasteiger partial charge is 0.762 e. The molecule has 0 spiro atoms. The van der Waals surface area contributed by atoms with E-state index in [1.54, 1.807) is 31.2 Å². The van der Waals surface area contributed by atoms with E-state index in [9.17, 15) is 15.5 Å². The normalized spacial score (nSPS) is 30.5. The van der Waals surface area contributed by atoms with Gasteiger partial charge in [0.05, 0.1) is 6.04 Å². The third-order valence-corrected chi connectivity index (χ3v) is 4.49. The number of para-hydroxylation sites is 1. The van der Waals surface area contributed by atoms with E-state index in [1.807, 2.05) is 30.3 Å². The van der Waals surface area contributed by atoms with Crippen molar-refractivity contribution in [2.45, 2.75) is 37.2 Å². The zero-order chi connectivity index (χ0) is 17.3. The molecule has 1 aliphatic heterocycles. The first-order valence-electron chi connectivity index (χ1n) is 7.84. The Morgan fingerprint density at radius 2 is 1.79 bits per heavy atom. The Hall–Kier alpha value is -1.96. The number of hydrogen-bond donors (Lipinski definition) is 3. The van der Waals surface area contributed by atoms with Crippen LogP contribution in [0.15, 0.2) is 54.6 Å². The highest BCUT2D eigenvalue weighted by molar-refractivity contribution is 5.49. The molecule has 1 saturated heterocycles. The molecule has 0 unspecified atom stereocenters. The van der Waals surface area contributed by atoms with Crippen LogP contribution in [0.25, 0.3) is 0 Å². The van der Waals surface area contributed by atoms with E-state index >= 15 is 0 Å². The topological polar surface area (TPSA) is 102 Å². The molecule has 24 heavy (non-hydrogen) atoms. The summed E-state index contributed by atoms with van der Waals surface area (Å²) >= 11 is 0. The highest BCUT2D eigenvalue weighted by Crippen LogP contribution is 2.46. The van der Waals surface area contributed by atoms with Gasteiger partial charge in [0.2, 0.25) is 0 Å². The second kappa shape index (κ2) is 6.51. The van der Waals surface area contributed by atoms with Gasteiger partial charge in [0.25, 0.3) is 0 Å². The summed E-state index contributed by atoms with van der Waals surface area (Å²) in [5, 5.41) is 32.2. The van der Waals surface area contributed by atoms with Crippen molar-refractivity contribution in [2.75, 3.05) is 5.73 Å². The lowest BCUT2D eigenvalue weighted by molar-refractivity contribution is -0.284. The summed E-state index contributed by atoms with van der Waals surface area (Å²) in [6.45, 7) is 1.55. The smallest absolute Gasteiger partial charge is 0.164 e. The van der Waals surface area contributed by atoms with E-state index in [-0.39, 0.29) is 11.6 Å². The Morgan fingerprint density at radius 1 is 1.17 bits per heavy atom. The number of hydrogen-bond acceptors (Lipinski definition) is 6. The van der Waals surface area contributed by atoms with E-state index < -0.39 is 23.9 Å². The van der Waals surface area contributed by atoms with Crippen LogP contribution in [-0.4, -0.2) is 27.4 Å². The minimum Gasteiger partial charge on any atom is -0.762 e. The standard InChI is InChI=1S/C18H21N2O4/c1-18(21)11-14(12-7-3-2-4-8-12)16(20(22)23)17(24-18)13-9-5-6-10-15(13)19/h2-10,14,16-17,21-22H,11,19H2,1H3/q-1/t14-,16+,17-,18+/m1/s1. The molecule has 2 aromatic rings. The third-order valence-electron chi connectivity index (χ3n) is 4.49. The maximum atomic E-state index is 12.0. The molecular formula is C18H21N2O4-. The van der Waals surface area contributed by atoms with Gasteiger partial charge in [-0.1, -0.05) is 48.5 Å². The number of rotatable bonds is 3. The van der Waals surface area contributed by atoms with Gasteiger partial charge in [0.1, 0.15) is 6.10 Å². The number of nitrogens with two attached hydrogens (primary N) is 1. The quantitative estimate of drug-likeness (QED) is 0.591. The summed E-state index contributed by atoms with van der Waals surface area (Å²) < 4.78 is 5.74. The molecule has 128 valence electrons. The van der Waals surface area contributed by atoms with Crippen molar-refractivity contribution in [2.24, 2.45) is 0 Å². The predicted molar refractivity (Wildman–Crippen MR) is 89.9 cm³/mol. The monoisotopic (exact) mass is 329 g/mol. The summed E-state index contributed by atoms with van der Waals surface area (Å²) in [4.78, 5) is 0. The average molecular weight is 329 g/mol. The molecule has 1 fully saturated rings. The van der Waals surface area contributed by atoms with Crippen LogP contribution in [-0.2, 0) is 4.74 Å². The van der Waals surface area contributed by atoms with E-state index in [1.165, 1.54) is 0 Å². The van der Waals surface area contributed by atoms with Gasteiger partial charge in [-0.3, -0.25) is 5.23 Å². The Balaban J connectivity index is 2.08. The van der Waals surface area contributed by atoms with Crippen LogP contribution < -0.4 is 5.73 Å². The van der Waals surface area contributed by atoms with Crippen molar-refractivity contribution >= 4 is 5.69 Å². The van der Waals surface area contributed by atoms with Crippen LogP contribution in [0.4, 0.5) is 5.69 Å². The van der Waals surface area contributed by atoms with Gasteiger partial charge in [0.15, 0.2) is 5.79 Å². The van der Waals surface area contributed by atoms with Gasteiger partial charge in [-0.2, -0.15) is 0 Å². The number of nitrogen functional groups attached to an aromatic ring is 1. The molecule has 4 atom stereocenters. The fraction of sp³-hybridized carbons (Fsp3) is 0.333. The first-order chi connectivity index (χ1) is 11.4. The molecule has 4 N–H and O–H groups in total. The number of aliphatic hydroxyl groups is 1. The van der Waals surface area contributed by atoms with Crippen LogP contribution >= 0.6 is 0 Å². The van der Waals surface area contributed by atoms with Gasteiger partial charge in [-0.15, -0.1) is 0 Å². The molecule has 0 radical (unpaired) electrons. The fourth-order valence-corrected chi connectivity index (χ4v) is 3.43. The van der Waals surface area contributed by atoms with Crippen LogP contribution in [0, 0.1) is 5.21 Å². The summed E-state index contributed by atoms with van der Waals surface area (Å²) in [5.74, 6) is -1.86. The first kappa shape index (κ1) is 16.9. The molecule has 6 nitrogen and oxygen atoms in total. The molecule has 1 heterocycles. The molecule has 0 aromatic heterocycles. The minimum atomic E-state index is -1.44. The van der Waals surface area contributed by atoms with Gasteiger partial charge in [-0.25, -0.2) is 0 Å². The van der Waals surface area contributed by atoms with Crippen molar-refractivity contribution < 1.29 is 15.1 Å². The third kappa shape index (κ3) is 3.28. The van der Waals surface area contributed by atoms with E-state index in [2.05, 4.69) is 0 Å². The van der Waals surface area contributed by atoms with Crippen LogP contribution in [0.3, 0.4) is 0 Å². The van der Waals surface area contributed by atoms with Crippen LogP contribution in [0.1, 0.15) is 36.5 Å². The van der Waals surface area contributed by atoms with E-state index in [0.29, 0.717) is 11.3 Å². The Bertz CT molecular complexity index is 690. The highest BCUT2D eigenvalue weighted by atomic mass is 16.8. The molecule has 6 heteroatoms. The summed E-state index contributed by atoms with van der Waals surface area (Å²) in [7, 11) is 0. The Morgan fingerprint density at radius 3 is 2.42 bits per heavy atom. The maximum absolute atomic E-state index is 12.0. The molecule has 3 rings (SSSR count). The van der Waals surface area contributed by atoms with Crippen molar-refractivity contribution in [1.29, 1.82) is 0 Å². The van der Waals surface area contributed by atoms with Crippen molar-refractivity contribution in [3.8, 4) is 0 Å². The summed E-state index contributed by atoms with van der Waals surface area (Å²) in [6.07, 6.45) is -0.674. The van der Waals surface area contributed by atoms with Gasteiger partial charge < -0.3 is 26.0 Å². The number of hydroxylamine groups is 2. The zero-order valence-corrected chi connectivity index (χ0v) is 13.4. The molecule has 0 saturated carbocycles. The summed E-state index contributed by atoms with van der Waals surface area (Å²) in [6, 6.07) is 15.4. The molecule has 2 aromatic carbocycles. The fourth-order valence-electron chi connectivity index (χ4n) is 3.43. The second-order valence-electron chi connectivity index (χ2n) is 6.36. The van der Waals surface area contributed by atoms with E-state index in [0.717, 1.165) is 5.56 Å². The van der Waals surface area contributed by atoms with Gasteiger partial charge >= 0.3 is 0 Å². The molecule has 0 bridgehead atoms. The number of anilines is 1. The predicted octanol–water partition coefficient (Wildman–Crippen LogP) is 2.78. The lowest BCUT2D eigenvalue weighted by Gasteiger charge is -2.49. The van der Waals surface area contributed by atoms with Crippen molar-refractivity contribution in [3.63, 3.8) is 0 Å². The number of nitrogens with zero attached hydrogens (tertiary/aromatic N) is 1. The van der Waals surface area contributed by atoms with Crippen molar-refractivity contribution in [3.05, 3.63) is 70.9 Å². The average Bonchev–Trinajstić information content (AvgIpc) is 2.54. The molecule has 0 aliphatic carbocycles. The highest BCUT2D eigenvalue weighted by Gasteiger charge is 2.46. The van der Waals surface area contributed by atoms with Crippen LogP contribution in [0.2, 0.25) is 0 Å². The van der Waals surface area contributed by atoms with E-state index in [4.69, 9.17) is 10.5 Å². The number of ether oxygens (including phenoxy) is 1.